The van der Waals surface area contributed by atoms with Gasteiger partial charge >= 0.3 is 0 Å². The largest absolute Gasteiger partial charge is 0.372 e. The molecule has 25 heavy (non-hydrogen) atoms. The highest BCUT2D eigenvalue weighted by Gasteiger charge is 2.48. The third-order valence-electron chi connectivity index (χ3n) is 5.99. The molecule has 3 aliphatic rings. The Balaban J connectivity index is 1.50. The Kier molecular flexibility index (Phi) is 4.52. The topological polar surface area (TPSA) is 53.3 Å². The maximum absolute atomic E-state index is 13.0. The maximum atomic E-state index is 13.0. The molecular formula is C21H26N2O2. The third kappa shape index (κ3) is 3.30. The summed E-state index contributed by atoms with van der Waals surface area (Å²) < 4.78 is 6.08. The number of likely N-dealkylation sites (tertiary alicyclic amines) is 1. The summed E-state index contributed by atoms with van der Waals surface area (Å²) in [5.74, 6) is 0.753. The second-order valence-corrected chi connectivity index (χ2v) is 7.79. The quantitative estimate of drug-likeness (QED) is 0.847. The van der Waals surface area contributed by atoms with Crippen LogP contribution in [-0.4, -0.2) is 35.6 Å². The van der Waals surface area contributed by atoms with Crippen molar-refractivity contribution in [2.75, 3.05) is 13.2 Å². The minimum absolute atomic E-state index is 0.0627. The Morgan fingerprint density at radius 1 is 1.28 bits per heavy atom. The molecule has 2 heterocycles. The van der Waals surface area contributed by atoms with E-state index in [0.29, 0.717) is 25.5 Å². The van der Waals surface area contributed by atoms with Gasteiger partial charge < -0.3 is 9.64 Å². The predicted octanol–water partition coefficient (Wildman–Crippen LogP) is 3.56. The van der Waals surface area contributed by atoms with Crippen LogP contribution in [0.5, 0.6) is 0 Å². The van der Waals surface area contributed by atoms with Crippen LogP contribution >= 0.6 is 0 Å². The summed E-state index contributed by atoms with van der Waals surface area (Å²) in [7, 11) is 0. The molecule has 1 amide bonds. The van der Waals surface area contributed by atoms with E-state index in [0.717, 1.165) is 37.7 Å². The smallest absolute Gasteiger partial charge is 0.228 e. The minimum Gasteiger partial charge on any atom is -0.372 e. The summed E-state index contributed by atoms with van der Waals surface area (Å²) in [6.07, 6.45) is 7.77. The Bertz CT molecular complexity index is 678. The van der Waals surface area contributed by atoms with Gasteiger partial charge in [-0.25, -0.2) is 0 Å². The van der Waals surface area contributed by atoms with Crippen LogP contribution in [0.2, 0.25) is 0 Å². The first-order valence-electron chi connectivity index (χ1n) is 9.64. The average molecular weight is 338 g/mol. The molecule has 0 bridgehead atoms. The van der Waals surface area contributed by atoms with Crippen molar-refractivity contribution in [2.24, 2.45) is 0 Å². The summed E-state index contributed by atoms with van der Waals surface area (Å²) in [6, 6.07) is 10.4. The molecule has 2 saturated heterocycles. The number of hydrogen-bond acceptors (Lipinski definition) is 3. The van der Waals surface area contributed by atoms with Gasteiger partial charge in [-0.05, 0) is 62.0 Å². The molecule has 4 rings (SSSR count). The van der Waals surface area contributed by atoms with Crippen LogP contribution < -0.4 is 0 Å². The highest BCUT2D eigenvalue weighted by Crippen LogP contribution is 2.41. The molecular weight excluding hydrogens is 312 g/mol. The average Bonchev–Trinajstić information content (AvgIpc) is 3.47. The van der Waals surface area contributed by atoms with Gasteiger partial charge in [0.2, 0.25) is 5.91 Å². The van der Waals surface area contributed by atoms with Crippen molar-refractivity contribution in [3.63, 3.8) is 0 Å². The normalized spacial score (nSPS) is 29.4. The number of rotatable bonds is 3. The zero-order valence-corrected chi connectivity index (χ0v) is 14.7. The van der Waals surface area contributed by atoms with Crippen molar-refractivity contribution in [1.29, 1.82) is 5.26 Å². The van der Waals surface area contributed by atoms with E-state index in [-0.39, 0.29) is 5.91 Å². The number of carbonyl (C=O) groups is 1. The SMILES string of the molecule is N#CC1N(C(=O)Cc2cccc(C3CC3)c2)CCCC12CCCCO2. The summed E-state index contributed by atoms with van der Waals surface area (Å²) in [4.78, 5) is 14.8. The van der Waals surface area contributed by atoms with Gasteiger partial charge in [-0.1, -0.05) is 24.3 Å². The second-order valence-electron chi connectivity index (χ2n) is 7.79. The van der Waals surface area contributed by atoms with E-state index in [2.05, 4.69) is 24.3 Å². The Morgan fingerprint density at radius 2 is 2.12 bits per heavy atom. The van der Waals surface area contributed by atoms with E-state index < -0.39 is 11.6 Å². The summed E-state index contributed by atoms with van der Waals surface area (Å²) in [6.45, 7) is 1.38. The molecule has 1 aromatic carbocycles. The van der Waals surface area contributed by atoms with Gasteiger partial charge in [-0.2, -0.15) is 5.26 Å². The van der Waals surface area contributed by atoms with E-state index in [1.807, 2.05) is 6.07 Å². The van der Waals surface area contributed by atoms with Crippen LogP contribution in [-0.2, 0) is 16.0 Å². The molecule has 4 heteroatoms. The lowest BCUT2D eigenvalue weighted by Crippen LogP contribution is -2.60. The second kappa shape index (κ2) is 6.80. The summed E-state index contributed by atoms with van der Waals surface area (Å²) in [5.41, 5.74) is 1.99. The van der Waals surface area contributed by atoms with Gasteiger partial charge in [0.1, 0.15) is 11.6 Å². The van der Waals surface area contributed by atoms with E-state index in [9.17, 15) is 10.1 Å². The predicted molar refractivity (Wildman–Crippen MR) is 95.0 cm³/mol. The van der Waals surface area contributed by atoms with Gasteiger partial charge in [-0.3, -0.25) is 4.79 Å². The molecule has 2 unspecified atom stereocenters. The van der Waals surface area contributed by atoms with Gasteiger partial charge in [0.25, 0.3) is 0 Å². The first-order chi connectivity index (χ1) is 12.2. The summed E-state index contributed by atoms with van der Waals surface area (Å²) in [5, 5.41) is 9.80. The van der Waals surface area contributed by atoms with Crippen molar-refractivity contribution < 1.29 is 9.53 Å². The Labute approximate surface area is 149 Å². The lowest BCUT2D eigenvalue weighted by molar-refractivity contribution is -0.158. The molecule has 0 aromatic heterocycles. The molecule has 2 aliphatic heterocycles. The van der Waals surface area contributed by atoms with Crippen LogP contribution in [0.3, 0.4) is 0 Å². The van der Waals surface area contributed by atoms with Gasteiger partial charge in [0.15, 0.2) is 0 Å². The molecule has 2 atom stereocenters. The molecule has 0 radical (unpaired) electrons. The lowest BCUT2D eigenvalue weighted by atomic mass is 9.79. The number of carbonyl (C=O) groups excluding carboxylic acids is 1. The monoisotopic (exact) mass is 338 g/mol. The van der Waals surface area contributed by atoms with Crippen LogP contribution in [0, 0.1) is 11.3 Å². The molecule has 4 nitrogen and oxygen atoms in total. The van der Waals surface area contributed by atoms with Crippen molar-refractivity contribution in [1.82, 2.24) is 4.90 Å². The van der Waals surface area contributed by atoms with E-state index in [4.69, 9.17) is 4.74 Å². The standard InChI is InChI=1S/C21H26N2O2/c22-15-19-21(9-1-2-12-25-21)10-4-11-23(19)20(24)14-16-5-3-6-18(13-16)17-7-8-17/h3,5-6,13,17,19H,1-2,4,7-12,14H2. The van der Waals surface area contributed by atoms with E-state index in [1.54, 1.807) is 4.90 Å². The van der Waals surface area contributed by atoms with Crippen molar-refractivity contribution in [3.8, 4) is 6.07 Å². The highest BCUT2D eigenvalue weighted by atomic mass is 16.5. The zero-order valence-electron chi connectivity index (χ0n) is 14.7. The van der Waals surface area contributed by atoms with Crippen LogP contribution in [0.25, 0.3) is 0 Å². The fourth-order valence-electron chi connectivity index (χ4n) is 4.49. The van der Waals surface area contributed by atoms with Gasteiger partial charge in [0.05, 0.1) is 12.5 Å². The third-order valence-corrected chi connectivity index (χ3v) is 5.99. The number of nitrogens with zero attached hydrogens (tertiary/aromatic N) is 2. The fourth-order valence-corrected chi connectivity index (χ4v) is 4.49. The van der Waals surface area contributed by atoms with Crippen LogP contribution in [0.1, 0.15) is 62.0 Å². The molecule has 1 aromatic rings. The molecule has 1 spiro atoms. The lowest BCUT2D eigenvalue weighted by Gasteiger charge is -2.48. The van der Waals surface area contributed by atoms with Crippen molar-refractivity contribution in [3.05, 3.63) is 35.4 Å². The van der Waals surface area contributed by atoms with Crippen molar-refractivity contribution in [2.45, 2.75) is 68.9 Å². The van der Waals surface area contributed by atoms with Gasteiger partial charge in [0, 0.05) is 13.2 Å². The molecule has 0 N–H and O–H groups in total. The highest BCUT2D eigenvalue weighted by molar-refractivity contribution is 5.80. The van der Waals surface area contributed by atoms with Crippen LogP contribution in [0.4, 0.5) is 0 Å². The van der Waals surface area contributed by atoms with E-state index >= 15 is 0 Å². The molecule has 1 aliphatic carbocycles. The van der Waals surface area contributed by atoms with Gasteiger partial charge in [-0.15, -0.1) is 0 Å². The van der Waals surface area contributed by atoms with Crippen LogP contribution in [0.15, 0.2) is 24.3 Å². The number of nitriles is 1. The Hall–Kier alpha value is -1.86. The maximum Gasteiger partial charge on any atom is 0.228 e. The number of ether oxygens (including phenoxy) is 1. The van der Waals surface area contributed by atoms with Crippen molar-refractivity contribution >= 4 is 5.91 Å². The molecule has 132 valence electrons. The first-order valence-corrected chi connectivity index (χ1v) is 9.64. The molecule has 1 saturated carbocycles. The zero-order chi connectivity index (χ0) is 17.3. The number of hydrogen-bond donors (Lipinski definition) is 0. The number of piperidine rings is 1. The summed E-state index contributed by atoms with van der Waals surface area (Å²) >= 11 is 0. The number of amides is 1. The minimum atomic E-state index is -0.444. The van der Waals surface area contributed by atoms with E-state index in [1.165, 1.54) is 18.4 Å². The fraction of sp³-hybridized carbons (Fsp3) is 0.619. The molecule has 3 fully saturated rings. The first kappa shape index (κ1) is 16.6. The Morgan fingerprint density at radius 3 is 2.84 bits per heavy atom. The number of benzene rings is 1.